The smallest absolute Gasteiger partial charge is 0.255 e. The molecule has 2 N–H and O–H groups in total. The molecule has 216 valence electrons. The number of amides is 4. The first kappa shape index (κ1) is 27.7. The molecule has 10 nitrogen and oxygen atoms in total. The summed E-state index contributed by atoms with van der Waals surface area (Å²) in [5.41, 5.74) is 6.33. The van der Waals surface area contributed by atoms with Crippen LogP contribution >= 0.6 is 0 Å². The van der Waals surface area contributed by atoms with Crippen LogP contribution in [-0.4, -0.2) is 70.8 Å². The molecule has 1 aromatic heterocycles. The lowest BCUT2D eigenvalue weighted by molar-refractivity contribution is -0.137. The standard InChI is InChI=1S/C32H33N5O5/c38-29(7-2-21-1-3-23-20-37(32(41)27(23)17-21)28-6-8-30(39)35-31(28)40)34-25-4-5-26(22-9-11-33-12-10-22)24(18-25)19-36-13-15-42-16-14-36/h1,3-5,9-12,17-18,28H,2,6-8,13-16,19-20H2,(H,34,38)(H,35,39,40). The van der Waals surface area contributed by atoms with Crippen molar-refractivity contribution in [2.45, 2.75) is 44.8 Å². The summed E-state index contributed by atoms with van der Waals surface area (Å²) in [4.78, 5) is 58.0. The lowest BCUT2D eigenvalue weighted by atomic mass is 9.99. The van der Waals surface area contributed by atoms with Crippen LogP contribution in [-0.2, 0) is 38.6 Å². The van der Waals surface area contributed by atoms with Gasteiger partial charge in [-0.25, -0.2) is 0 Å². The van der Waals surface area contributed by atoms with Crippen LogP contribution in [0, 0.1) is 0 Å². The molecule has 0 aliphatic carbocycles. The van der Waals surface area contributed by atoms with Gasteiger partial charge < -0.3 is 15.0 Å². The van der Waals surface area contributed by atoms with E-state index in [1.54, 1.807) is 12.4 Å². The highest BCUT2D eigenvalue weighted by atomic mass is 16.5. The van der Waals surface area contributed by atoms with Crippen molar-refractivity contribution in [3.05, 3.63) is 83.2 Å². The Kier molecular flexibility index (Phi) is 8.07. The Morgan fingerprint density at radius 3 is 2.60 bits per heavy atom. The van der Waals surface area contributed by atoms with E-state index in [0.717, 1.165) is 53.1 Å². The number of anilines is 1. The van der Waals surface area contributed by atoms with Crippen molar-refractivity contribution < 1.29 is 23.9 Å². The summed E-state index contributed by atoms with van der Waals surface area (Å²) in [6.07, 6.45) is 4.84. The topological polar surface area (TPSA) is 121 Å². The summed E-state index contributed by atoms with van der Waals surface area (Å²) < 4.78 is 5.51. The van der Waals surface area contributed by atoms with Crippen molar-refractivity contribution in [2.75, 3.05) is 31.6 Å². The molecule has 3 aliphatic heterocycles. The molecule has 0 saturated carbocycles. The van der Waals surface area contributed by atoms with Crippen molar-refractivity contribution in [2.24, 2.45) is 0 Å². The van der Waals surface area contributed by atoms with Gasteiger partial charge in [0.1, 0.15) is 6.04 Å². The Morgan fingerprint density at radius 2 is 1.81 bits per heavy atom. The summed E-state index contributed by atoms with van der Waals surface area (Å²) in [5.74, 6) is -1.06. The van der Waals surface area contributed by atoms with Crippen LogP contribution < -0.4 is 10.6 Å². The molecule has 1 atom stereocenters. The normalized spacial score (nSPS) is 19.0. The molecule has 3 aromatic rings. The Bertz CT molecular complexity index is 1520. The molecule has 2 fully saturated rings. The number of benzene rings is 2. The summed E-state index contributed by atoms with van der Waals surface area (Å²) in [6.45, 7) is 4.24. The lowest BCUT2D eigenvalue weighted by Crippen LogP contribution is -2.52. The molecular formula is C32H33N5O5. The van der Waals surface area contributed by atoms with Crippen molar-refractivity contribution in [1.29, 1.82) is 0 Å². The largest absolute Gasteiger partial charge is 0.379 e. The third-order valence-electron chi connectivity index (χ3n) is 8.11. The highest BCUT2D eigenvalue weighted by Crippen LogP contribution is 2.30. The molecule has 2 aromatic carbocycles. The van der Waals surface area contributed by atoms with Gasteiger partial charge in [0, 0.05) is 62.7 Å². The average Bonchev–Trinajstić information content (AvgIpc) is 3.32. The number of carbonyl (C=O) groups is 4. The van der Waals surface area contributed by atoms with Gasteiger partial charge in [-0.1, -0.05) is 18.2 Å². The second kappa shape index (κ2) is 12.2. The van der Waals surface area contributed by atoms with Crippen molar-refractivity contribution in [3.63, 3.8) is 0 Å². The van der Waals surface area contributed by atoms with Gasteiger partial charge in [0.2, 0.25) is 17.7 Å². The number of rotatable bonds is 8. The number of hydrogen-bond acceptors (Lipinski definition) is 7. The molecule has 6 rings (SSSR count). The van der Waals surface area contributed by atoms with Gasteiger partial charge >= 0.3 is 0 Å². The quantitative estimate of drug-likeness (QED) is 0.402. The Balaban J connectivity index is 1.10. The number of nitrogens with zero attached hydrogens (tertiary/aromatic N) is 3. The monoisotopic (exact) mass is 567 g/mol. The summed E-state index contributed by atoms with van der Waals surface area (Å²) in [5, 5.41) is 5.37. The first-order valence-corrected chi connectivity index (χ1v) is 14.3. The van der Waals surface area contributed by atoms with Crippen LogP contribution in [0.25, 0.3) is 11.1 Å². The predicted octanol–water partition coefficient (Wildman–Crippen LogP) is 2.91. The van der Waals surface area contributed by atoms with Gasteiger partial charge in [-0.15, -0.1) is 0 Å². The van der Waals surface area contributed by atoms with Crippen molar-refractivity contribution in [3.8, 4) is 11.1 Å². The number of nitrogens with one attached hydrogen (secondary N) is 2. The second-order valence-corrected chi connectivity index (χ2v) is 10.9. The molecule has 0 radical (unpaired) electrons. The zero-order chi connectivity index (χ0) is 29.1. The van der Waals surface area contributed by atoms with Gasteiger partial charge in [0.25, 0.3) is 5.91 Å². The Hall–Kier alpha value is -4.41. The number of carbonyl (C=O) groups excluding carboxylic acids is 4. The summed E-state index contributed by atoms with van der Waals surface area (Å²) in [7, 11) is 0. The number of fused-ring (bicyclic) bond motifs is 1. The summed E-state index contributed by atoms with van der Waals surface area (Å²) >= 11 is 0. The summed E-state index contributed by atoms with van der Waals surface area (Å²) in [6, 6.07) is 15.0. The minimum absolute atomic E-state index is 0.110. The number of imide groups is 1. The van der Waals surface area contributed by atoms with E-state index >= 15 is 0 Å². The maximum atomic E-state index is 13.1. The fraction of sp³-hybridized carbons (Fsp3) is 0.344. The third-order valence-corrected chi connectivity index (χ3v) is 8.11. The first-order chi connectivity index (χ1) is 20.4. The number of aromatic nitrogens is 1. The Labute approximate surface area is 244 Å². The molecule has 0 bridgehead atoms. The SMILES string of the molecule is O=C1CCC(N2Cc3ccc(CCC(=O)Nc4ccc(-c5ccncc5)c(CN5CCOCC5)c4)cc3C2=O)C(=O)N1. The first-order valence-electron chi connectivity index (χ1n) is 14.3. The van der Waals surface area contributed by atoms with Gasteiger partial charge in [0.15, 0.2) is 0 Å². The van der Waals surface area contributed by atoms with E-state index in [9.17, 15) is 19.2 Å². The maximum Gasteiger partial charge on any atom is 0.255 e. The second-order valence-electron chi connectivity index (χ2n) is 10.9. The van der Waals surface area contributed by atoms with Crippen LogP contribution in [0.3, 0.4) is 0 Å². The van der Waals surface area contributed by atoms with E-state index in [0.29, 0.717) is 38.2 Å². The number of hydrogen-bond donors (Lipinski definition) is 2. The van der Waals surface area contributed by atoms with Gasteiger partial charge in [-0.05, 0) is 71.0 Å². The number of aryl methyl sites for hydroxylation is 1. The average molecular weight is 568 g/mol. The predicted molar refractivity (Wildman–Crippen MR) is 155 cm³/mol. The van der Waals surface area contributed by atoms with E-state index in [1.165, 1.54) is 4.90 Å². The van der Waals surface area contributed by atoms with E-state index in [4.69, 9.17) is 4.74 Å². The zero-order valence-corrected chi connectivity index (χ0v) is 23.3. The molecule has 1 unspecified atom stereocenters. The van der Waals surface area contributed by atoms with E-state index in [-0.39, 0.29) is 30.6 Å². The number of ether oxygens (including phenoxy) is 1. The molecule has 3 aliphatic rings. The van der Waals surface area contributed by atoms with Crippen LogP contribution in [0.1, 0.15) is 46.3 Å². The lowest BCUT2D eigenvalue weighted by Gasteiger charge is -2.29. The zero-order valence-electron chi connectivity index (χ0n) is 23.3. The van der Waals surface area contributed by atoms with Gasteiger partial charge in [-0.3, -0.25) is 34.4 Å². The number of pyridine rings is 1. The molecule has 42 heavy (non-hydrogen) atoms. The van der Waals surface area contributed by atoms with E-state index < -0.39 is 11.9 Å². The third kappa shape index (κ3) is 6.09. The maximum absolute atomic E-state index is 13.1. The van der Waals surface area contributed by atoms with Crippen LogP contribution in [0.4, 0.5) is 5.69 Å². The molecule has 4 heterocycles. The molecule has 0 spiro atoms. The minimum Gasteiger partial charge on any atom is -0.379 e. The fourth-order valence-corrected chi connectivity index (χ4v) is 5.85. The van der Waals surface area contributed by atoms with Gasteiger partial charge in [-0.2, -0.15) is 0 Å². The van der Waals surface area contributed by atoms with Crippen LogP contribution in [0.15, 0.2) is 60.9 Å². The molecule has 10 heteroatoms. The number of piperidine rings is 1. The minimum atomic E-state index is -0.644. The van der Waals surface area contributed by atoms with Crippen molar-refractivity contribution >= 4 is 29.3 Å². The molecule has 4 amide bonds. The van der Waals surface area contributed by atoms with E-state index in [1.807, 2.05) is 48.5 Å². The van der Waals surface area contributed by atoms with Crippen molar-refractivity contribution in [1.82, 2.24) is 20.1 Å². The highest BCUT2D eigenvalue weighted by Gasteiger charge is 2.39. The van der Waals surface area contributed by atoms with Crippen LogP contribution in [0.2, 0.25) is 0 Å². The molecule has 2 saturated heterocycles. The highest BCUT2D eigenvalue weighted by molar-refractivity contribution is 6.05. The number of morpholine rings is 1. The van der Waals surface area contributed by atoms with E-state index in [2.05, 4.69) is 20.5 Å². The van der Waals surface area contributed by atoms with Crippen LogP contribution in [0.5, 0.6) is 0 Å². The Morgan fingerprint density at radius 1 is 1.00 bits per heavy atom. The fourth-order valence-electron chi connectivity index (χ4n) is 5.85. The molecular weight excluding hydrogens is 534 g/mol. The van der Waals surface area contributed by atoms with Gasteiger partial charge in [0.05, 0.1) is 13.2 Å².